The minimum Gasteiger partial charge on any atom is -0.480 e. The molecule has 0 aliphatic carbocycles. The van der Waals surface area contributed by atoms with E-state index in [4.69, 9.17) is 10.5 Å². The average molecular weight is 337 g/mol. The number of primary amides is 1. The van der Waals surface area contributed by atoms with Gasteiger partial charge < -0.3 is 21.1 Å². The highest BCUT2D eigenvalue weighted by Crippen LogP contribution is 2.19. The minimum absolute atomic E-state index is 0. The van der Waals surface area contributed by atoms with Gasteiger partial charge in [-0.1, -0.05) is 0 Å². The van der Waals surface area contributed by atoms with Gasteiger partial charge in [0.05, 0.1) is 25.0 Å². The lowest BCUT2D eigenvalue weighted by molar-refractivity contribution is -0.117. The number of hydrogen-bond donors (Lipinski definition) is 3. The van der Waals surface area contributed by atoms with E-state index in [9.17, 15) is 9.59 Å². The molecule has 1 aromatic rings. The number of nitrogens with one attached hydrogen (secondary N) is 2. The van der Waals surface area contributed by atoms with E-state index in [1.807, 2.05) is 0 Å². The summed E-state index contributed by atoms with van der Waals surface area (Å²) in [6.07, 6.45) is 3.21. The molecule has 0 radical (unpaired) electrons. The number of hydrogen-bond acceptors (Lipinski definition) is 5. The highest BCUT2D eigenvalue weighted by Gasteiger charge is 2.22. The molecule has 118 valence electrons. The van der Waals surface area contributed by atoms with Gasteiger partial charge in [-0.25, -0.2) is 4.98 Å². The lowest BCUT2D eigenvalue weighted by atomic mass is 10.2. The van der Waals surface area contributed by atoms with Crippen molar-refractivity contribution >= 4 is 42.3 Å². The molecular weight excluding hydrogens is 319 g/mol. The number of ether oxygens (including phenoxy) is 1. The molecule has 1 unspecified atom stereocenters. The van der Waals surface area contributed by atoms with Crippen LogP contribution in [0.15, 0.2) is 12.3 Å². The second-order valence-corrected chi connectivity index (χ2v) is 4.28. The monoisotopic (exact) mass is 336 g/mol. The van der Waals surface area contributed by atoms with Crippen molar-refractivity contribution in [2.45, 2.75) is 18.9 Å². The minimum atomic E-state index is -0.653. The third-order valence-electron chi connectivity index (χ3n) is 2.95. The summed E-state index contributed by atoms with van der Waals surface area (Å²) in [5, 5.41) is 5.79. The maximum Gasteiger partial charge on any atom is 0.254 e. The highest BCUT2D eigenvalue weighted by molar-refractivity contribution is 5.99. The third kappa shape index (κ3) is 4.73. The van der Waals surface area contributed by atoms with E-state index in [0.717, 1.165) is 19.4 Å². The van der Waals surface area contributed by atoms with E-state index < -0.39 is 5.91 Å². The van der Waals surface area contributed by atoms with Gasteiger partial charge in [0.1, 0.15) is 5.56 Å². The number of nitrogens with zero attached hydrogens (tertiary/aromatic N) is 1. The molecule has 0 spiro atoms. The standard InChI is InChI=1S/C12H16N4O3.2ClH/c1-19-12-8(10(13)17)5-7(6-15-12)16-11(18)9-3-2-4-14-9;;/h5-6,9,14H,2-4H2,1H3,(H2,13,17)(H,16,18);2*1H. The summed E-state index contributed by atoms with van der Waals surface area (Å²) in [5.74, 6) is -0.649. The van der Waals surface area contributed by atoms with E-state index in [0.29, 0.717) is 5.69 Å². The lowest BCUT2D eigenvalue weighted by Gasteiger charge is -2.12. The first-order valence-electron chi connectivity index (χ1n) is 6.00. The number of nitrogens with two attached hydrogens (primary N) is 1. The molecule has 0 bridgehead atoms. The Bertz CT molecular complexity index is 507. The summed E-state index contributed by atoms with van der Waals surface area (Å²) in [5.41, 5.74) is 5.79. The summed E-state index contributed by atoms with van der Waals surface area (Å²) >= 11 is 0. The van der Waals surface area contributed by atoms with Crippen molar-refractivity contribution in [3.8, 4) is 5.88 Å². The number of carbonyl (C=O) groups is 2. The van der Waals surface area contributed by atoms with Gasteiger partial charge in [-0.3, -0.25) is 9.59 Å². The highest BCUT2D eigenvalue weighted by atomic mass is 35.5. The summed E-state index contributed by atoms with van der Waals surface area (Å²) in [7, 11) is 1.40. The van der Waals surface area contributed by atoms with Gasteiger partial charge in [0.15, 0.2) is 0 Å². The predicted octanol–water partition coefficient (Wildman–Crippen LogP) is 0.723. The van der Waals surface area contributed by atoms with Gasteiger partial charge in [-0.15, -0.1) is 24.8 Å². The normalized spacial score (nSPS) is 16.3. The van der Waals surface area contributed by atoms with Gasteiger partial charge in [-0.05, 0) is 25.5 Å². The third-order valence-corrected chi connectivity index (χ3v) is 2.95. The Morgan fingerprint density at radius 1 is 1.48 bits per heavy atom. The number of anilines is 1. The van der Waals surface area contributed by atoms with Crippen molar-refractivity contribution in [1.82, 2.24) is 10.3 Å². The summed E-state index contributed by atoms with van der Waals surface area (Å²) in [6, 6.07) is 1.26. The summed E-state index contributed by atoms with van der Waals surface area (Å²) < 4.78 is 4.93. The zero-order chi connectivity index (χ0) is 13.8. The fourth-order valence-electron chi connectivity index (χ4n) is 2.00. The van der Waals surface area contributed by atoms with E-state index in [2.05, 4.69) is 15.6 Å². The molecule has 1 saturated heterocycles. The van der Waals surface area contributed by atoms with Crippen LogP contribution in [-0.2, 0) is 4.79 Å². The number of rotatable bonds is 4. The van der Waals surface area contributed by atoms with Crippen LogP contribution in [0.5, 0.6) is 5.88 Å². The molecule has 4 N–H and O–H groups in total. The van der Waals surface area contributed by atoms with Crippen LogP contribution in [0.2, 0.25) is 0 Å². The SMILES string of the molecule is COc1ncc(NC(=O)C2CCCN2)cc1C(N)=O.Cl.Cl. The summed E-state index contributed by atoms with van der Waals surface area (Å²) in [6.45, 7) is 0.839. The Morgan fingerprint density at radius 2 is 2.19 bits per heavy atom. The van der Waals surface area contributed by atoms with Gasteiger partial charge in [0, 0.05) is 0 Å². The van der Waals surface area contributed by atoms with Crippen molar-refractivity contribution in [2.24, 2.45) is 5.73 Å². The van der Waals surface area contributed by atoms with E-state index in [1.165, 1.54) is 19.4 Å². The zero-order valence-electron chi connectivity index (χ0n) is 11.4. The van der Waals surface area contributed by atoms with Gasteiger partial charge >= 0.3 is 0 Å². The number of pyridine rings is 1. The first-order valence-corrected chi connectivity index (χ1v) is 6.00. The molecule has 1 aliphatic heterocycles. The molecule has 21 heavy (non-hydrogen) atoms. The Balaban J connectivity index is 0.00000200. The molecule has 1 atom stereocenters. The van der Waals surface area contributed by atoms with E-state index in [1.54, 1.807) is 0 Å². The van der Waals surface area contributed by atoms with Gasteiger partial charge in [0.2, 0.25) is 11.8 Å². The van der Waals surface area contributed by atoms with Crippen LogP contribution in [0.1, 0.15) is 23.2 Å². The molecule has 9 heteroatoms. The van der Waals surface area contributed by atoms with Crippen LogP contribution in [0.25, 0.3) is 0 Å². The van der Waals surface area contributed by atoms with Crippen molar-refractivity contribution in [3.63, 3.8) is 0 Å². The largest absolute Gasteiger partial charge is 0.480 e. The number of aromatic nitrogens is 1. The van der Waals surface area contributed by atoms with Crippen molar-refractivity contribution < 1.29 is 14.3 Å². The van der Waals surface area contributed by atoms with Crippen LogP contribution < -0.4 is 21.1 Å². The number of methoxy groups -OCH3 is 1. The van der Waals surface area contributed by atoms with E-state index >= 15 is 0 Å². The fraction of sp³-hybridized carbons (Fsp3) is 0.417. The van der Waals surface area contributed by atoms with Crippen LogP contribution in [0, 0.1) is 0 Å². The lowest BCUT2D eigenvalue weighted by Crippen LogP contribution is -2.35. The number of carbonyl (C=O) groups excluding carboxylic acids is 2. The Kier molecular flexibility index (Phi) is 8.01. The quantitative estimate of drug-likeness (QED) is 0.751. The molecular formula is C12H18Cl2N4O3. The molecule has 0 aromatic carbocycles. The molecule has 1 aliphatic rings. The maximum absolute atomic E-state index is 11.9. The molecule has 0 saturated carbocycles. The fourth-order valence-corrected chi connectivity index (χ4v) is 2.00. The molecule has 2 amide bonds. The molecule has 1 fully saturated rings. The van der Waals surface area contributed by atoms with Crippen molar-refractivity contribution in [2.75, 3.05) is 19.0 Å². The van der Waals surface area contributed by atoms with Gasteiger partial charge in [0.25, 0.3) is 5.91 Å². The first kappa shape index (κ1) is 19.4. The van der Waals surface area contributed by atoms with Crippen LogP contribution in [-0.4, -0.2) is 36.5 Å². The zero-order valence-corrected chi connectivity index (χ0v) is 13.1. The maximum atomic E-state index is 11.9. The molecule has 2 rings (SSSR count). The van der Waals surface area contributed by atoms with Crippen molar-refractivity contribution in [3.05, 3.63) is 17.8 Å². The van der Waals surface area contributed by atoms with Crippen LogP contribution in [0.3, 0.4) is 0 Å². The second kappa shape index (κ2) is 8.66. The van der Waals surface area contributed by atoms with Crippen molar-refractivity contribution in [1.29, 1.82) is 0 Å². The summed E-state index contributed by atoms with van der Waals surface area (Å²) in [4.78, 5) is 27.1. The topological polar surface area (TPSA) is 106 Å². The number of amides is 2. The second-order valence-electron chi connectivity index (χ2n) is 4.28. The first-order chi connectivity index (χ1) is 9.11. The predicted molar refractivity (Wildman–Crippen MR) is 83.5 cm³/mol. The molecule has 7 nitrogen and oxygen atoms in total. The van der Waals surface area contributed by atoms with Crippen LogP contribution >= 0.6 is 24.8 Å². The number of halogens is 2. The van der Waals surface area contributed by atoms with Crippen LogP contribution in [0.4, 0.5) is 5.69 Å². The smallest absolute Gasteiger partial charge is 0.254 e. The Labute approximate surface area is 134 Å². The Hall–Kier alpha value is -1.57. The Morgan fingerprint density at radius 3 is 2.71 bits per heavy atom. The molecule has 1 aromatic heterocycles. The van der Waals surface area contributed by atoms with E-state index in [-0.39, 0.29) is 48.2 Å². The molecule has 2 heterocycles. The average Bonchev–Trinajstić information content (AvgIpc) is 2.92. The van der Waals surface area contributed by atoms with Gasteiger partial charge in [-0.2, -0.15) is 0 Å².